The zero-order valence-corrected chi connectivity index (χ0v) is 16.2. The van der Waals surface area contributed by atoms with Crippen LogP contribution in [-0.2, 0) is 25.7 Å². The Morgan fingerprint density at radius 2 is 1.67 bits per heavy atom. The molecule has 2 rings (SSSR count). The summed E-state index contributed by atoms with van der Waals surface area (Å²) in [5.74, 6) is -0.185. The van der Waals surface area contributed by atoms with Gasteiger partial charge in [-0.2, -0.15) is 0 Å². The third kappa shape index (κ3) is 5.89. The van der Waals surface area contributed by atoms with Gasteiger partial charge in [-0.3, -0.25) is 4.79 Å². The van der Waals surface area contributed by atoms with Crippen LogP contribution >= 0.6 is 11.6 Å². The molecule has 0 aliphatic heterocycles. The predicted octanol–water partition coefficient (Wildman–Crippen LogP) is 3.46. The molecule has 0 aromatic heterocycles. The standard InChI is InChI=1S/C20H22ClNO5/c1-14(20(24)26-3)22(17-8-6-16(21)7-9-17)12-19(23)27-13-15-4-10-18(25-2)11-5-15/h4-11,14H,12-13H2,1-3H3/t14-/m1/s1. The quantitative estimate of drug-likeness (QED) is 0.642. The molecule has 0 aliphatic carbocycles. The minimum atomic E-state index is -0.662. The van der Waals surface area contributed by atoms with E-state index in [1.54, 1.807) is 55.3 Å². The molecule has 27 heavy (non-hydrogen) atoms. The van der Waals surface area contributed by atoms with Crippen LogP contribution in [0.1, 0.15) is 12.5 Å². The molecule has 144 valence electrons. The monoisotopic (exact) mass is 391 g/mol. The van der Waals surface area contributed by atoms with Crippen LogP contribution in [0.4, 0.5) is 5.69 Å². The van der Waals surface area contributed by atoms with E-state index in [1.165, 1.54) is 7.11 Å². The Balaban J connectivity index is 2.05. The van der Waals surface area contributed by atoms with Gasteiger partial charge in [-0.1, -0.05) is 23.7 Å². The highest BCUT2D eigenvalue weighted by Gasteiger charge is 2.25. The number of carbonyl (C=O) groups is 2. The number of hydrogen-bond donors (Lipinski definition) is 0. The second kappa shape index (κ2) is 9.83. The number of anilines is 1. The summed E-state index contributed by atoms with van der Waals surface area (Å²) in [6.45, 7) is 1.69. The molecule has 0 fully saturated rings. The van der Waals surface area contributed by atoms with Gasteiger partial charge in [0.25, 0.3) is 0 Å². The Hall–Kier alpha value is -2.73. The summed E-state index contributed by atoms with van der Waals surface area (Å²) in [5.41, 5.74) is 1.50. The molecule has 2 aromatic carbocycles. The molecule has 0 aliphatic rings. The Bertz CT molecular complexity index is 761. The lowest BCUT2D eigenvalue weighted by molar-refractivity contribution is -0.144. The molecular weight excluding hydrogens is 370 g/mol. The maximum Gasteiger partial charge on any atom is 0.328 e. The van der Waals surface area contributed by atoms with E-state index in [2.05, 4.69) is 0 Å². The molecule has 1 atom stereocenters. The van der Waals surface area contributed by atoms with Gasteiger partial charge in [0.05, 0.1) is 14.2 Å². The van der Waals surface area contributed by atoms with Gasteiger partial charge in [0.15, 0.2) is 0 Å². The summed E-state index contributed by atoms with van der Waals surface area (Å²) >= 11 is 5.92. The van der Waals surface area contributed by atoms with Gasteiger partial charge in [-0.15, -0.1) is 0 Å². The van der Waals surface area contributed by atoms with Gasteiger partial charge in [0.1, 0.15) is 24.9 Å². The first-order valence-corrected chi connectivity index (χ1v) is 8.71. The van der Waals surface area contributed by atoms with Gasteiger partial charge in [-0.25, -0.2) is 4.79 Å². The van der Waals surface area contributed by atoms with E-state index in [0.717, 1.165) is 11.3 Å². The summed E-state index contributed by atoms with van der Waals surface area (Å²) in [6, 6.07) is 13.4. The number of benzene rings is 2. The summed E-state index contributed by atoms with van der Waals surface area (Å²) in [7, 11) is 2.89. The SMILES string of the molecule is COC(=O)[C@@H](C)N(CC(=O)OCc1ccc(OC)cc1)c1ccc(Cl)cc1. The number of halogens is 1. The number of nitrogens with zero attached hydrogens (tertiary/aromatic N) is 1. The van der Waals surface area contributed by atoms with Crippen molar-refractivity contribution in [1.29, 1.82) is 0 Å². The lowest BCUT2D eigenvalue weighted by atomic mass is 10.2. The molecule has 0 saturated carbocycles. The third-order valence-corrected chi connectivity index (χ3v) is 4.28. The van der Waals surface area contributed by atoms with E-state index < -0.39 is 18.0 Å². The highest BCUT2D eigenvalue weighted by atomic mass is 35.5. The van der Waals surface area contributed by atoms with Crippen molar-refractivity contribution >= 4 is 29.2 Å². The number of carbonyl (C=O) groups excluding carboxylic acids is 2. The second-order valence-electron chi connectivity index (χ2n) is 5.81. The van der Waals surface area contributed by atoms with E-state index in [0.29, 0.717) is 10.7 Å². The van der Waals surface area contributed by atoms with Crippen molar-refractivity contribution in [3.05, 3.63) is 59.1 Å². The predicted molar refractivity (Wildman–Crippen MR) is 103 cm³/mol. The van der Waals surface area contributed by atoms with Crippen LogP contribution in [0.15, 0.2) is 48.5 Å². The van der Waals surface area contributed by atoms with Crippen LogP contribution in [0.3, 0.4) is 0 Å². The molecule has 2 aromatic rings. The van der Waals surface area contributed by atoms with Crippen molar-refractivity contribution in [3.8, 4) is 5.75 Å². The van der Waals surface area contributed by atoms with Crippen molar-refractivity contribution in [2.45, 2.75) is 19.6 Å². The zero-order valence-electron chi connectivity index (χ0n) is 15.5. The van der Waals surface area contributed by atoms with Crippen molar-refractivity contribution in [3.63, 3.8) is 0 Å². The molecule has 0 heterocycles. The first kappa shape index (κ1) is 20.6. The van der Waals surface area contributed by atoms with Crippen LogP contribution in [-0.4, -0.2) is 38.7 Å². The fraction of sp³-hybridized carbons (Fsp3) is 0.300. The molecule has 0 spiro atoms. The van der Waals surface area contributed by atoms with Crippen LogP contribution in [0.2, 0.25) is 5.02 Å². The van der Waals surface area contributed by atoms with E-state index in [1.807, 2.05) is 12.1 Å². The average molecular weight is 392 g/mol. The first-order chi connectivity index (χ1) is 12.9. The largest absolute Gasteiger partial charge is 0.497 e. The number of rotatable bonds is 8. The molecule has 0 bridgehead atoms. The molecule has 6 nitrogen and oxygen atoms in total. The summed E-state index contributed by atoms with van der Waals surface area (Å²) < 4.78 is 15.2. The van der Waals surface area contributed by atoms with Crippen molar-refractivity contribution in [2.24, 2.45) is 0 Å². The average Bonchev–Trinajstić information content (AvgIpc) is 2.70. The van der Waals surface area contributed by atoms with Crippen molar-refractivity contribution < 1.29 is 23.8 Å². The lowest BCUT2D eigenvalue weighted by Gasteiger charge is -2.28. The summed E-state index contributed by atoms with van der Waals surface area (Å²) in [6.07, 6.45) is 0. The number of hydrogen-bond acceptors (Lipinski definition) is 6. The highest BCUT2D eigenvalue weighted by molar-refractivity contribution is 6.30. The van der Waals surface area contributed by atoms with Crippen LogP contribution in [0.5, 0.6) is 5.75 Å². The number of ether oxygens (including phenoxy) is 3. The molecule has 0 N–H and O–H groups in total. The van der Waals surface area contributed by atoms with Crippen molar-refractivity contribution in [2.75, 3.05) is 25.7 Å². The molecule has 0 amide bonds. The van der Waals surface area contributed by atoms with Gasteiger partial charge in [-0.05, 0) is 48.9 Å². The molecule has 0 unspecified atom stereocenters. The Morgan fingerprint density at radius 3 is 2.22 bits per heavy atom. The smallest absolute Gasteiger partial charge is 0.328 e. The molecular formula is C20H22ClNO5. The summed E-state index contributed by atoms with van der Waals surface area (Å²) in [4.78, 5) is 25.9. The van der Waals surface area contributed by atoms with E-state index in [-0.39, 0.29) is 13.2 Å². The summed E-state index contributed by atoms with van der Waals surface area (Å²) in [5, 5.41) is 0.562. The maximum atomic E-state index is 12.3. The maximum absolute atomic E-state index is 12.3. The van der Waals surface area contributed by atoms with Crippen LogP contribution in [0, 0.1) is 0 Å². The van der Waals surface area contributed by atoms with Gasteiger partial charge in [0, 0.05) is 10.7 Å². The molecule has 0 radical (unpaired) electrons. The minimum absolute atomic E-state index is 0.103. The highest BCUT2D eigenvalue weighted by Crippen LogP contribution is 2.21. The Kier molecular flexibility index (Phi) is 7.49. The third-order valence-electron chi connectivity index (χ3n) is 4.03. The van der Waals surface area contributed by atoms with E-state index >= 15 is 0 Å². The normalized spacial score (nSPS) is 11.4. The molecule has 7 heteroatoms. The fourth-order valence-corrected chi connectivity index (χ4v) is 2.58. The van der Waals surface area contributed by atoms with Crippen LogP contribution in [0.25, 0.3) is 0 Å². The van der Waals surface area contributed by atoms with Gasteiger partial charge < -0.3 is 19.1 Å². The topological polar surface area (TPSA) is 65.1 Å². The van der Waals surface area contributed by atoms with E-state index in [4.69, 9.17) is 25.8 Å². The van der Waals surface area contributed by atoms with Crippen molar-refractivity contribution in [1.82, 2.24) is 0 Å². The number of methoxy groups -OCH3 is 2. The van der Waals surface area contributed by atoms with Gasteiger partial charge in [0.2, 0.25) is 0 Å². The first-order valence-electron chi connectivity index (χ1n) is 8.33. The second-order valence-corrected chi connectivity index (χ2v) is 6.25. The van der Waals surface area contributed by atoms with E-state index in [9.17, 15) is 9.59 Å². The number of esters is 2. The van der Waals surface area contributed by atoms with Crippen LogP contribution < -0.4 is 9.64 Å². The van der Waals surface area contributed by atoms with Gasteiger partial charge >= 0.3 is 11.9 Å². The molecule has 0 saturated heterocycles. The Labute approximate surface area is 163 Å². The fourth-order valence-electron chi connectivity index (χ4n) is 2.45. The zero-order chi connectivity index (χ0) is 19.8. The minimum Gasteiger partial charge on any atom is -0.497 e. The lowest BCUT2D eigenvalue weighted by Crippen LogP contribution is -2.43. The Morgan fingerprint density at radius 1 is 1.04 bits per heavy atom.